The van der Waals surface area contributed by atoms with Gasteiger partial charge >= 0.3 is 0 Å². The molecule has 0 heterocycles. The van der Waals surface area contributed by atoms with Crippen molar-refractivity contribution in [3.05, 3.63) is 36.4 Å². The zero-order valence-corrected chi connectivity index (χ0v) is 13.2. The molecule has 0 saturated heterocycles. The van der Waals surface area contributed by atoms with Crippen molar-refractivity contribution in [3.8, 4) is 5.75 Å². The van der Waals surface area contributed by atoms with Crippen LogP contribution in [0, 0.1) is 17.8 Å². The Labute approximate surface area is 118 Å². The molecule has 0 N–H and O–H groups in total. The number of hydrogen-bond acceptors (Lipinski definition) is 1. The standard InChI is InChI=1S/C18H28O/c1-8-16-9-11-17(12-10-16)19-18(13(2)3,14(4)5)15(6)7/h8-15H,1H2,2-7H3. The van der Waals surface area contributed by atoms with Gasteiger partial charge in [-0.3, -0.25) is 0 Å². The normalized spacial score (nSPS) is 12.3. The molecule has 0 saturated carbocycles. The predicted octanol–water partition coefficient (Wildman–Crippen LogP) is 5.42. The van der Waals surface area contributed by atoms with Gasteiger partial charge in [-0.2, -0.15) is 0 Å². The summed E-state index contributed by atoms with van der Waals surface area (Å²) in [5.74, 6) is 2.34. The largest absolute Gasteiger partial charge is 0.486 e. The molecule has 0 bridgehead atoms. The highest BCUT2D eigenvalue weighted by Crippen LogP contribution is 2.38. The molecular formula is C18H28O. The van der Waals surface area contributed by atoms with E-state index in [9.17, 15) is 0 Å². The van der Waals surface area contributed by atoms with E-state index in [1.807, 2.05) is 30.3 Å². The first kappa shape index (κ1) is 15.8. The minimum absolute atomic E-state index is 0.129. The fourth-order valence-corrected chi connectivity index (χ4v) is 3.23. The van der Waals surface area contributed by atoms with E-state index in [1.165, 1.54) is 0 Å². The van der Waals surface area contributed by atoms with Crippen molar-refractivity contribution in [3.63, 3.8) is 0 Å². The van der Waals surface area contributed by atoms with Gasteiger partial charge in [-0.15, -0.1) is 0 Å². The third kappa shape index (κ3) is 3.20. The van der Waals surface area contributed by atoms with Crippen LogP contribution >= 0.6 is 0 Å². The highest BCUT2D eigenvalue weighted by molar-refractivity contribution is 5.48. The van der Waals surface area contributed by atoms with E-state index in [1.54, 1.807) is 0 Å². The Morgan fingerprint density at radius 2 is 1.32 bits per heavy atom. The van der Waals surface area contributed by atoms with Gasteiger partial charge in [0.05, 0.1) is 0 Å². The quantitative estimate of drug-likeness (QED) is 0.664. The molecule has 1 heteroatoms. The lowest BCUT2D eigenvalue weighted by Crippen LogP contribution is -2.51. The summed E-state index contributed by atoms with van der Waals surface area (Å²) in [5.41, 5.74) is 0.993. The van der Waals surface area contributed by atoms with E-state index in [2.05, 4.69) is 48.1 Å². The zero-order valence-electron chi connectivity index (χ0n) is 13.2. The van der Waals surface area contributed by atoms with Crippen LogP contribution in [0.2, 0.25) is 0 Å². The van der Waals surface area contributed by atoms with Crippen LogP contribution in [0.3, 0.4) is 0 Å². The zero-order chi connectivity index (χ0) is 14.6. The number of hydrogen-bond donors (Lipinski definition) is 0. The molecular weight excluding hydrogens is 232 g/mol. The Morgan fingerprint density at radius 3 is 1.63 bits per heavy atom. The van der Waals surface area contributed by atoms with E-state index >= 15 is 0 Å². The van der Waals surface area contributed by atoms with Crippen LogP contribution in [-0.2, 0) is 0 Å². The Kier molecular flexibility index (Phi) is 5.22. The van der Waals surface area contributed by atoms with Crippen LogP contribution < -0.4 is 4.74 Å². The summed E-state index contributed by atoms with van der Waals surface area (Å²) in [6.07, 6.45) is 1.85. The summed E-state index contributed by atoms with van der Waals surface area (Å²) in [4.78, 5) is 0. The van der Waals surface area contributed by atoms with Crippen LogP contribution in [0.5, 0.6) is 5.75 Å². The monoisotopic (exact) mass is 260 g/mol. The second-order valence-electron chi connectivity index (χ2n) is 6.19. The molecule has 1 nitrogen and oxygen atoms in total. The van der Waals surface area contributed by atoms with Crippen molar-refractivity contribution in [2.75, 3.05) is 0 Å². The van der Waals surface area contributed by atoms with E-state index in [4.69, 9.17) is 4.74 Å². The molecule has 0 radical (unpaired) electrons. The second kappa shape index (κ2) is 6.27. The third-order valence-corrected chi connectivity index (χ3v) is 4.12. The van der Waals surface area contributed by atoms with Gasteiger partial charge in [-0.25, -0.2) is 0 Å². The Balaban J connectivity index is 3.09. The molecule has 0 aliphatic carbocycles. The summed E-state index contributed by atoms with van der Waals surface area (Å²) in [6, 6.07) is 8.18. The summed E-state index contributed by atoms with van der Waals surface area (Å²) < 4.78 is 6.45. The van der Waals surface area contributed by atoms with Gasteiger partial charge in [0.1, 0.15) is 11.4 Å². The molecule has 19 heavy (non-hydrogen) atoms. The van der Waals surface area contributed by atoms with Gasteiger partial charge < -0.3 is 4.74 Å². The highest BCUT2D eigenvalue weighted by Gasteiger charge is 2.42. The average Bonchev–Trinajstić information content (AvgIpc) is 2.35. The minimum atomic E-state index is -0.129. The molecule has 0 aliphatic rings. The lowest BCUT2D eigenvalue weighted by molar-refractivity contribution is -0.0607. The summed E-state index contributed by atoms with van der Waals surface area (Å²) in [5, 5.41) is 0. The molecule has 0 spiro atoms. The lowest BCUT2D eigenvalue weighted by Gasteiger charge is -2.45. The van der Waals surface area contributed by atoms with E-state index in [0.29, 0.717) is 17.8 Å². The summed E-state index contributed by atoms with van der Waals surface area (Å²) >= 11 is 0. The fraction of sp³-hybridized carbons (Fsp3) is 0.556. The first-order valence-corrected chi connectivity index (χ1v) is 7.26. The second-order valence-corrected chi connectivity index (χ2v) is 6.19. The van der Waals surface area contributed by atoms with Gasteiger partial charge in [0.15, 0.2) is 0 Å². The molecule has 0 amide bonds. The Morgan fingerprint density at radius 1 is 0.895 bits per heavy atom. The third-order valence-electron chi connectivity index (χ3n) is 4.12. The summed E-state index contributed by atoms with van der Waals surface area (Å²) in [7, 11) is 0. The van der Waals surface area contributed by atoms with Crippen LogP contribution in [-0.4, -0.2) is 5.60 Å². The van der Waals surface area contributed by atoms with Crippen molar-refractivity contribution < 1.29 is 4.74 Å². The maximum Gasteiger partial charge on any atom is 0.120 e. The lowest BCUT2D eigenvalue weighted by atomic mass is 9.72. The van der Waals surface area contributed by atoms with Crippen molar-refractivity contribution in [2.24, 2.45) is 17.8 Å². The number of rotatable bonds is 6. The first-order valence-electron chi connectivity index (χ1n) is 7.26. The molecule has 0 aromatic heterocycles. The Hall–Kier alpha value is -1.24. The van der Waals surface area contributed by atoms with Crippen molar-refractivity contribution >= 4 is 6.08 Å². The van der Waals surface area contributed by atoms with Gasteiger partial charge in [0.2, 0.25) is 0 Å². The molecule has 106 valence electrons. The molecule has 0 atom stereocenters. The van der Waals surface area contributed by atoms with Crippen LogP contribution in [0.15, 0.2) is 30.8 Å². The number of benzene rings is 1. The molecule has 1 aromatic rings. The minimum Gasteiger partial charge on any atom is -0.486 e. The first-order chi connectivity index (χ1) is 8.84. The molecule has 0 fully saturated rings. The predicted molar refractivity (Wildman–Crippen MR) is 84.4 cm³/mol. The summed E-state index contributed by atoms with van der Waals surface area (Å²) in [6.45, 7) is 17.3. The topological polar surface area (TPSA) is 9.23 Å². The van der Waals surface area contributed by atoms with E-state index < -0.39 is 0 Å². The van der Waals surface area contributed by atoms with Gasteiger partial charge in [-0.05, 0) is 35.4 Å². The fourth-order valence-electron chi connectivity index (χ4n) is 3.23. The number of ether oxygens (including phenoxy) is 1. The maximum atomic E-state index is 6.45. The van der Waals surface area contributed by atoms with Crippen LogP contribution in [0.4, 0.5) is 0 Å². The molecule has 1 rings (SSSR count). The Bertz CT molecular complexity index is 376. The van der Waals surface area contributed by atoms with Gasteiger partial charge in [0.25, 0.3) is 0 Å². The van der Waals surface area contributed by atoms with Gasteiger partial charge in [-0.1, -0.05) is 66.3 Å². The van der Waals surface area contributed by atoms with Crippen molar-refractivity contribution in [2.45, 2.75) is 47.1 Å². The maximum absolute atomic E-state index is 6.45. The van der Waals surface area contributed by atoms with E-state index in [-0.39, 0.29) is 5.60 Å². The van der Waals surface area contributed by atoms with Gasteiger partial charge in [0, 0.05) is 0 Å². The SMILES string of the molecule is C=Cc1ccc(OC(C(C)C)(C(C)C)C(C)C)cc1. The highest BCUT2D eigenvalue weighted by atomic mass is 16.5. The van der Waals surface area contributed by atoms with E-state index in [0.717, 1.165) is 11.3 Å². The van der Waals surface area contributed by atoms with Crippen molar-refractivity contribution in [1.82, 2.24) is 0 Å². The van der Waals surface area contributed by atoms with Crippen LogP contribution in [0.1, 0.15) is 47.1 Å². The smallest absolute Gasteiger partial charge is 0.120 e. The van der Waals surface area contributed by atoms with Crippen molar-refractivity contribution in [1.29, 1.82) is 0 Å². The molecule has 1 aromatic carbocycles. The molecule has 0 unspecified atom stereocenters. The average molecular weight is 260 g/mol. The van der Waals surface area contributed by atoms with Crippen LogP contribution in [0.25, 0.3) is 6.08 Å². The molecule has 0 aliphatic heterocycles.